The summed E-state index contributed by atoms with van der Waals surface area (Å²) in [5.41, 5.74) is 1.45. The summed E-state index contributed by atoms with van der Waals surface area (Å²) in [6.45, 7) is 6.97. The molecule has 3 aliphatic rings. The van der Waals surface area contributed by atoms with Gasteiger partial charge in [0.25, 0.3) is 0 Å². The van der Waals surface area contributed by atoms with Crippen LogP contribution in [0.5, 0.6) is 0 Å². The van der Waals surface area contributed by atoms with E-state index in [0.29, 0.717) is 6.04 Å². The monoisotopic (exact) mass is 468 g/mol. The molecule has 0 spiro atoms. The van der Waals surface area contributed by atoms with Gasteiger partial charge in [-0.05, 0) is 49.6 Å². The molecule has 2 aliphatic heterocycles. The van der Waals surface area contributed by atoms with Gasteiger partial charge >= 0.3 is 0 Å². The van der Waals surface area contributed by atoms with Crippen molar-refractivity contribution in [3.05, 3.63) is 35.9 Å². The van der Waals surface area contributed by atoms with Crippen LogP contribution in [-0.2, 0) is 6.54 Å². The fourth-order valence-corrected chi connectivity index (χ4v) is 4.70. The summed E-state index contributed by atoms with van der Waals surface area (Å²) in [4.78, 5) is 9.82. The van der Waals surface area contributed by atoms with E-state index in [1.807, 2.05) is 7.05 Å². The molecular formula is C21H33IN4. The maximum absolute atomic E-state index is 4.57. The maximum Gasteiger partial charge on any atom is 0.193 e. The van der Waals surface area contributed by atoms with Crippen LogP contribution in [0.15, 0.2) is 35.3 Å². The van der Waals surface area contributed by atoms with Crippen molar-refractivity contribution in [2.75, 3.05) is 26.7 Å². The number of hydrogen-bond acceptors (Lipinski definition) is 2. The van der Waals surface area contributed by atoms with Crippen molar-refractivity contribution in [2.45, 2.75) is 51.2 Å². The summed E-state index contributed by atoms with van der Waals surface area (Å²) < 4.78 is 0. The Morgan fingerprint density at radius 1 is 1.19 bits per heavy atom. The smallest absolute Gasteiger partial charge is 0.193 e. The van der Waals surface area contributed by atoms with Crippen molar-refractivity contribution in [1.82, 2.24) is 15.1 Å². The summed E-state index contributed by atoms with van der Waals surface area (Å²) in [7, 11) is 1.93. The lowest BCUT2D eigenvalue weighted by Crippen LogP contribution is -2.57. The van der Waals surface area contributed by atoms with Crippen molar-refractivity contribution in [3.63, 3.8) is 0 Å². The lowest BCUT2D eigenvalue weighted by atomic mass is 9.83. The van der Waals surface area contributed by atoms with E-state index < -0.39 is 0 Å². The molecule has 4 atom stereocenters. The number of fused-ring (bicyclic) bond motifs is 1. The van der Waals surface area contributed by atoms with Gasteiger partial charge in [0.2, 0.25) is 0 Å². The van der Waals surface area contributed by atoms with Gasteiger partial charge in [-0.1, -0.05) is 37.3 Å². The van der Waals surface area contributed by atoms with Gasteiger partial charge < -0.3 is 10.2 Å². The second-order valence-electron chi connectivity index (χ2n) is 8.17. The average molecular weight is 468 g/mol. The molecule has 3 fully saturated rings. The summed E-state index contributed by atoms with van der Waals surface area (Å²) in [5, 5.41) is 3.67. The summed E-state index contributed by atoms with van der Waals surface area (Å²) in [5.74, 6) is 2.72. The number of rotatable bonds is 3. The maximum atomic E-state index is 4.57. The van der Waals surface area contributed by atoms with E-state index in [4.69, 9.17) is 0 Å². The van der Waals surface area contributed by atoms with Gasteiger partial charge in [0.05, 0.1) is 0 Å². The van der Waals surface area contributed by atoms with Crippen LogP contribution >= 0.6 is 24.0 Å². The molecule has 2 saturated heterocycles. The standard InChI is InChI=1S/C21H32N4.HI/c1-16-13-19(16)23-21(22-2)25-12-10-20-18(15-25)9-6-11-24(20)14-17-7-4-3-5-8-17;/h3-5,7-8,16,18-20H,6,9-15H2,1-2H3,(H,22,23);1H. The first-order valence-electron chi connectivity index (χ1n) is 10.0. The molecular weight excluding hydrogens is 435 g/mol. The Morgan fingerprint density at radius 2 is 1.96 bits per heavy atom. The van der Waals surface area contributed by atoms with Gasteiger partial charge in [-0.3, -0.25) is 9.89 Å². The van der Waals surface area contributed by atoms with Crippen LogP contribution < -0.4 is 5.32 Å². The third kappa shape index (κ3) is 4.53. The van der Waals surface area contributed by atoms with Crippen LogP contribution in [-0.4, -0.2) is 54.5 Å². The number of benzene rings is 1. The Bertz CT molecular complexity index is 605. The first-order valence-corrected chi connectivity index (χ1v) is 10.0. The van der Waals surface area contributed by atoms with Crippen LogP contribution in [0.1, 0.15) is 38.2 Å². The predicted octanol–water partition coefficient (Wildman–Crippen LogP) is 3.57. The molecule has 2 heterocycles. The van der Waals surface area contributed by atoms with Crippen LogP contribution in [0, 0.1) is 11.8 Å². The largest absolute Gasteiger partial charge is 0.353 e. The molecule has 26 heavy (non-hydrogen) atoms. The van der Waals surface area contributed by atoms with Crippen LogP contribution in [0.4, 0.5) is 0 Å². The van der Waals surface area contributed by atoms with Crippen LogP contribution in [0.2, 0.25) is 0 Å². The molecule has 1 aromatic rings. The normalized spacial score (nSPS) is 31.8. The molecule has 1 aliphatic carbocycles. The van der Waals surface area contributed by atoms with Gasteiger partial charge in [0, 0.05) is 38.8 Å². The number of nitrogens with zero attached hydrogens (tertiary/aromatic N) is 3. The number of halogens is 1. The molecule has 144 valence electrons. The van der Waals surface area contributed by atoms with Crippen molar-refractivity contribution < 1.29 is 0 Å². The second-order valence-corrected chi connectivity index (χ2v) is 8.17. The minimum absolute atomic E-state index is 0. The molecule has 1 saturated carbocycles. The minimum atomic E-state index is 0. The zero-order valence-electron chi connectivity index (χ0n) is 16.1. The molecule has 4 nitrogen and oxygen atoms in total. The highest BCUT2D eigenvalue weighted by molar-refractivity contribution is 14.0. The number of aliphatic imine (C=N–C) groups is 1. The van der Waals surface area contributed by atoms with E-state index in [9.17, 15) is 0 Å². The van der Waals surface area contributed by atoms with Crippen molar-refractivity contribution in [1.29, 1.82) is 0 Å². The molecule has 1 aromatic carbocycles. The molecule has 5 heteroatoms. The van der Waals surface area contributed by atoms with Gasteiger partial charge in [-0.25, -0.2) is 0 Å². The highest BCUT2D eigenvalue weighted by Crippen LogP contribution is 2.33. The number of nitrogens with one attached hydrogen (secondary N) is 1. The summed E-state index contributed by atoms with van der Waals surface area (Å²) in [6, 6.07) is 12.4. The zero-order valence-corrected chi connectivity index (χ0v) is 18.4. The van der Waals surface area contributed by atoms with Gasteiger partial charge in [-0.2, -0.15) is 0 Å². The Kier molecular flexibility index (Phi) is 6.83. The van der Waals surface area contributed by atoms with E-state index in [1.54, 1.807) is 0 Å². The van der Waals surface area contributed by atoms with Crippen LogP contribution in [0.25, 0.3) is 0 Å². The predicted molar refractivity (Wildman–Crippen MR) is 119 cm³/mol. The van der Waals surface area contributed by atoms with Gasteiger partial charge in [0.15, 0.2) is 5.96 Å². The topological polar surface area (TPSA) is 30.9 Å². The zero-order chi connectivity index (χ0) is 17.2. The summed E-state index contributed by atoms with van der Waals surface area (Å²) in [6.07, 6.45) is 5.25. The Labute approximate surface area is 175 Å². The minimum Gasteiger partial charge on any atom is -0.353 e. The van der Waals surface area contributed by atoms with Gasteiger partial charge in [-0.15, -0.1) is 24.0 Å². The molecule has 1 N–H and O–H groups in total. The van der Waals surface area contributed by atoms with E-state index in [2.05, 4.69) is 57.4 Å². The first-order chi connectivity index (χ1) is 12.2. The highest BCUT2D eigenvalue weighted by atomic mass is 127. The first kappa shape index (κ1) is 19.9. The molecule has 0 radical (unpaired) electrons. The Morgan fingerprint density at radius 3 is 2.65 bits per heavy atom. The van der Waals surface area contributed by atoms with Gasteiger partial charge in [0.1, 0.15) is 0 Å². The Hall–Kier alpha value is -0.820. The SMILES string of the molecule is CN=C(NC1CC1C)N1CCC2C(CCCN2Cc2ccccc2)C1.I. The third-order valence-corrected chi connectivity index (χ3v) is 6.35. The van der Waals surface area contributed by atoms with Crippen molar-refractivity contribution in [2.24, 2.45) is 16.8 Å². The number of piperidine rings is 2. The molecule has 0 aromatic heterocycles. The van der Waals surface area contributed by atoms with Crippen molar-refractivity contribution in [3.8, 4) is 0 Å². The van der Waals surface area contributed by atoms with Crippen LogP contribution in [0.3, 0.4) is 0 Å². The van der Waals surface area contributed by atoms with E-state index in [1.165, 1.54) is 37.8 Å². The summed E-state index contributed by atoms with van der Waals surface area (Å²) >= 11 is 0. The third-order valence-electron chi connectivity index (χ3n) is 6.35. The number of likely N-dealkylation sites (tertiary alicyclic amines) is 2. The highest BCUT2D eigenvalue weighted by Gasteiger charge is 2.39. The molecule has 4 rings (SSSR count). The van der Waals surface area contributed by atoms with E-state index in [0.717, 1.165) is 43.5 Å². The lowest BCUT2D eigenvalue weighted by molar-refractivity contribution is 0.0372. The number of hydrogen-bond donors (Lipinski definition) is 1. The molecule has 0 bridgehead atoms. The Balaban J connectivity index is 0.00000196. The van der Waals surface area contributed by atoms with Crippen molar-refractivity contribution >= 4 is 29.9 Å². The molecule has 4 unspecified atom stereocenters. The number of guanidine groups is 1. The fraction of sp³-hybridized carbons (Fsp3) is 0.667. The lowest BCUT2D eigenvalue weighted by Gasteiger charge is -2.48. The molecule has 0 amide bonds. The van der Waals surface area contributed by atoms with E-state index >= 15 is 0 Å². The van der Waals surface area contributed by atoms with E-state index in [-0.39, 0.29) is 24.0 Å². The second kappa shape index (κ2) is 8.91. The quantitative estimate of drug-likeness (QED) is 0.418. The average Bonchev–Trinajstić information content (AvgIpc) is 3.35. The fourth-order valence-electron chi connectivity index (χ4n) is 4.70.